The molecule has 2 aromatic carbocycles. The Morgan fingerprint density at radius 1 is 1.00 bits per heavy atom. The lowest BCUT2D eigenvalue weighted by Crippen LogP contribution is -2.17. The number of nitrogens with zero attached hydrogens (tertiary/aromatic N) is 2. The summed E-state index contributed by atoms with van der Waals surface area (Å²) in [6.45, 7) is 0. The summed E-state index contributed by atoms with van der Waals surface area (Å²) in [5.74, 6) is 2.07. The molecular weight excluding hydrogens is 320 g/mol. The maximum Gasteiger partial charge on any atom is 0.230 e. The van der Waals surface area contributed by atoms with Crippen LogP contribution in [0, 0.1) is 0 Å². The number of methoxy groups -OCH3 is 3. The molecule has 1 aliphatic heterocycles. The lowest BCUT2D eigenvalue weighted by atomic mass is 9.98. The zero-order chi connectivity index (χ0) is 17.8. The highest BCUT2D eigenvalue weighted by molar-refractivity contribution is 6.03. The third-order valence-electron chi connectivity index (χ3n) is 4.27. The van der Waals surface area contributed by atoms with E-state index in [9.17, 15) is 4.79 Å². The van der Waals surface area contributed by atoms with E-state index in [-0.39, 0.29) is 6.04 Å². The van der Waals surface area contributed by atoms with E-state index in [2.05, 4.69) is 5.10 Å². The van der Waals surface area contributed by atoms with Crippen LogP contribution in [0.5, 0.6) is 17.2 Å². The first kappa shape index (κ1) is 16.8. The zero-order valence-corrected chi connectivity index (χ0v) is 14.4. The van der Waals surface area contributed by atoms with Crippen molar-refractivity contribution in [2.24, 2.45) is 5.10 Å². The van der Waals surface area contributed by atoms with Gasteiger partial charge in [0.25, 0.3) is 0 Å². The predicted octanol–water partition coefficient (Wildman–Crippen LogP) is 3.02. The van der Waals surface area contributed by atoms with Gasteiger partial charge in [0.1, 0.15) is 5.75 Å². The second-order valence-corrected chi connectivity index (χ2v) is 5.59. The second kappa shape index (κ2) is 7.25. The van der Waals surface area contributed by atoms with Crippen molar-refractivity contribution in [3.63, 3.8) is 0 Å². The van der Waals surface area contributed by atoms with Gasteiger partial charge in [-0.05, 0) is 35.9 Å². The van der Waals surface area contributed by atoms with Crippen molar-refractivity contribution in [2.45, 2.75) is 12.5 Å². The highest BCUT2D eigenvalue weighted by Crippen LogP contribution is 2.34. The third-order valence-corrected chi connectivity index (χ3v) is 4.27. The number of hydrogen-bond donors (Lipinski definition) is 0. The number of carbonyl (C=O) groups is 1. The minimum Gasteiger partial charge on any atom is -0.497 e. The van der Waals surface area contributed by atoms with Crippen molar-refractivity contribution >= 4 is 12.1 Å². The summed E-state index contributed by atoms with van der Waals surface area (Å²) in [5.41, 5.74) is 2.74. The van der Waals surface area contributed by atoms with E-state index in [4.69, 9.17) is 14.2 Å². The molecule has 0 spiro atoms. The summed E-state index contributed by atoms with van der Waals surface area (Å²) in [4.78, 5) is 11.5. The van der Waals surface area contributed by atoms with Gasteiger partial charge in [0, 0.05) is 12.0 Å². The molecule has 0 saturated carbocycles. The molecule has 3 rings (SSSR count). The standard InChI is InChI=1S/C19H20N2O4/c1-23-15-7-4-13(5-8-15)17-11-16(20-21(17)12-22)14-6-9-18(24-2)19(10-14)25-3/h4-10,12,17H,11H2,1-3H3/t17-/m1/s1. The fraction of sp³-hybridized carbons (Fsp3) is 0.263. The Hall–Kier alpha value is -3.02. The minimum atomic E-state index is -0.133. The normalized spacial score (nSPS) is 16.4. The average molecular weight is 340 g/mol. The van der Waals surface area contributed by atoms with Crippen molar-refractivity contribution in [2.75, 3.05) is 21.3 Å². The average Bonchev–Trinajstić information content (AvgIpc) is 3.11. The highest BCUT2D eigenvalue weighted by Gasteiger charge is 2.29. The Morgan fingerprint density at radius 2 is 1.72 bits per heavy atom. The number of ether oxygens (including phenoxy) is 3. The maximum atomic E-state index is 11.5. The van der Waals surface area contributed by atoms with Gasteiger partial charge in [0.05, 0.1) is 33.1 Å². The molecule has 1 amide bonds. The molecule has 2 aromatic rings. The first-order valence-electron chi connectivity index (χ1n) is 7.87. The fourth-order valence-electron chi connectivity index (χ4n) is 2.91. The van der Waals surface area contributed by atoms with Gasteiger partial charge in [0.15, 0.2) is 11.5 Å². The van der Waals surface area contributed by atoms with Crippen LogP contribution in [0.25, 0.3) is 0 Å². The van der Waals surface area contributed by atoms with E-state index in [0.29, 0.717) is 17.9 Å². The van der Waals surface area contributed by atoms with Crippen LogP contribution >= 0.6 is 0 Å². The van der Waals surface area contributed by atoms with Crippen LogP contribution in [0.3, 0.4) is 0 Å². The smallest absolute Gasteiger partial charge is 0.230 e. The number of carbonyl (C=O) groups excluding carboxylic acids is 1. The lowest BCUT2D eigenvalue weighted by molar-refractivity contribution is -0.119. The van der Waals surface area contributed by atoms with E-state index in [1.54, 1.807) is 21.3 Å². The monoisotopic (exact) mass is 340 g/mol. The SMILES string of the molecule is COc1ccc([C@H]2CC(c3ccc(OC)c(OC)c3)=NN2C=O)cc1. The molecule has 1 heterocycles. The van der Waals surface area contributed by atoms with Crippen LogP contribution in [-0.2, 0) is 4.79 Å². The highest BCUT2D eigenvalue weighted by atomic mass is 16.5. The molecule has 0 fully saturated rings. The largest absolute Gasteiger partial charge is 0.497 e. The summed E-state index contributed by atoms with van der Waals surface area (Å²) in [6.07, 6.45) is 1.38. The second-order valence-electron chi connectivity index (χ2n) is 5.59. The van der Waals surface area contributed by atoms with Crippen molar-refractivity contribution in [1.29, 1.82) is 0 Å². The van der Waals surface area contributed by atoms with Crippen LogP contribution < -0.4 is 14.2 Å². The zero-order valence-electron chi connectivity index (χ0n) is 14.4. The molecule has 0 saturated heterocycles. The van der Waals surface area contributed by atoms with Gasteiger partial charge in [0.2, 0.25) is 6.41 Å². The maximum absolute atomic E-state index is 11.5. The minimum absolute atomic E-state index is 0.133. The molecule has 6 nitrogen and oxygen atoms in total. The van der Waals surface area contributed by atoms with E-state index >= 15 is 0 Å². The van der Waals surface area contributed by atoms with Crippen LogP contribution in [0.1, 0.15) is 23.6 Å². The molecular formula is C19H20N2O4. The van der Waals surface area contributed by atoms with Gasteiger partial charge < -0.3 is 14.2 Å². The van der Waals surface area contributed by atoms with Gasteiger partial charge in [-0.1, -0.05) is 12.1 Å². The summed E-state index contributed by atoms with van der Waals surface area (Å²) >= 11 is 0. The lowest BCUT2D eigenvalue weighted by Gasteiger charge is -2.17. The Bertz CT molecular complexity index is 787. The molecule has 0 aliphatic carbocycles. The van der Waals surface area contributed by atoms with Gasteiger partial charge in [-0.3, -0.25) is 4.79 Å². The quantitative estimate of drug-likeness (QED) is 0.759. The van der Waals surface area contributed by atoms with Crippen molar-refractivity contribution in [3.05, 3.63) is 53.6 Å². The summed E-state index contributed by atoms with van der Waals surface area (Å²) < 4.78 is 15.8. The summed E-state index contributed by atoms with van der Waals surface area (Å²) in [5, 5.41) is 5.91. The fourth-order valence-corrected chi connectivity index (χ4v) is 2.91. The Kier molecular flexibility index (Phi) is 4.88. The topological polar surface area (TPSA) is 60.4 Å². The summed E-state index contributed by atoms with van der Waals surface area (Å²) in [6, 6.07) is 13.2. The van der Waals surface area contributed by atoms with Crippen LogP contribution in [0.4, 0.5) is 0 Å². The number of hydrogen-bond acceptors (Lipinski definition) is 5. The number of rotatable bonds is 6. The summed E-state index contributed by atoms with van der Waals surface area (Å²) in [7, 11) is 4.81. The third kappa shape index (κ3) is 3.28. The molecule has 6 heteroatoms. The predicted molar refractivity (Wildman–Crippen MR) is 94.3 cm³/mol. The van der Waals surface area contributed by atoms with Crippen LogP contribution in [0.15, 0.2) is 47.6 Å². The van der Waals surface area contributed by atoms with Gasteiger partial charge >= 0.3 is 0 Å². The molecule has 0 bridgehead atoms. The molecule has 0 N–H and O–H groups in total. The molecule has 0 unspecified atom stereocenters. The molecule has 1 atom stereocenters. The Labute approximate surface area is 146 Å². The number of benzene rings is 2. The van der Waals surface area contributed by atoms with E-state index < -0.39 is 0 Å². The van der Waals surface area contributed by atoms with Crippen LogP contribution in [0.2, 0.25) is 0 Å². The number of hydrazone groups is 1. The molecule has 25 heavy (non-hydrogen) atoms. The molecule has 130 valence electrons. The van der Waals surface area contributed by atoms with Gasteiger partial charge in [-0.25, -0.2) is 5.01 Å². The van der Waals surface area contributed by atoms with Gasteiger partial charge in [-0.15, -0.1) is 0 Å². The van der Waals surface area contributed by atoms with E-state index in [1.165, 1.54) is 5.01 Å². The molecule has 0 radical (unpaired) electrons. The first-order valence-corrected chi connectivity index (χ1v) is 7.87. The molecule has 1 aliphatic rings. The van der Waals surface area contributed by atoms with Crippen molar-refractivity contribution in [1.82, 2.24) is 5.01 Å². The Morgan fingerprint density at radius 3 is 2.32 bits per heavy atom. The van der Waals surface area contributed by atoms with Crippen LogP contribution in [-0.4, -0.2) is 38.5 Å². The number of amides is 1. The molecule has 0 aromatic heterocycles. The van der Waals surface area contributed by atoms with E-state index in [1.807, 2.05) is 42.5 Å². The Balaban J connectivity index is 1.88. The van der Waals surface area contributed by atoms with Crippen molar-refractivity contribution in [3.8, 4) is 17.2 Å². The van der Waals surface area contributed by atoms with E-state index in [0.717, 1.165) is 29.0 Å². The first-order chi connectivity index (χ1) is 12.2. The van der Waals surface area contributed by atoms with Gasteiger partial charge in [-0.2, -0.15) is 5.10 Å². The van der Waals surface area contributed by atoms with Crippen molar-refractivity contribution < 1.29 is 19.0 Å².